The van der Waals surface area contributed by atoms with Crippen LogP contribution in [0, 0.1) is 0 Å². The van der Waals surface area contributed by atoms with Gasteiger partial charge in [0, 0.05) is 16.6 Å². The van der Waals surface area contributed by atoms with E-state index in [1.807, 2.05) is 6.92 Å². The van der Waals surface area contributed by atoms with Gasteiger partial charge in [-0.05, 0) is 13.0 Å². The van der Waals surface area contributed by atoms with E-state index in [2.05, 4.69) is 4.98 Å². The molecule has 1 aromatic heterocycles. The average molecular weight is 302 g/mol. The van der Waals surface area contributed by atoms with E-state index in [-0.39, 0.29) is 0 Å². The number of benzene rings is 1. The Labute approximate surface area is 118 Å². The second-order valence-electron chi connectivity index (χ2n) is 4.01. The van der Waals surface area contributed by atoms with Gasteiger partial charge in [-0.1, -0.05) is 18.2 Å². The molecule has 7 heteroatoms. The van der Waals surface area contributed by atoms with Crippen LogP contribution in [0.1, 0.15) is 28.4 Å². The van der Waals surface area contributed by atoms with Gasteiger partial charge in [0.05, 0.1) is 12.6 Å². The van der Waals surface area contributed by atoms with Gasteiger partial charge >= 0.3 is 6.18 Å². The zero-order valence-corrected chi connectivity index (χ0v) is 11.5. The highest BCUT2D eigenvalue weighted by Gasteiger charge is 2.35. The summed E-state index contributed by atoms with van der Waals surface area (Å²) in [7, 11) is 0. The number of hydrogen-bond acceptors (Lipinski definition) is 4. The lowest BCUT2D eigenvalue weighted by Crippen LogP contribution is -2.12. The lowest BCUT2D eigenvalue weighted by atomic mass is 10.1. The highest BCUT2D eigenvalue weighted by molar-refractivity contribution is 7.11. The lowest BCUT2D eigenvalue weighted by Gasteiger charge is -2.14. The van der Waals surface area contributed by atoms with Crippen molar-refractivity contribution in [2.45, 2.75) is 19.1 Å². The van der Waals surface area contributed by atoms with E-state index in [0.717, 1.165) is 0 Å². The van der Waals surface area contributed by atoms with Crippen LogP contribution in [0.2, 0.25) is 0 Å². The molecule has 3 nitrogen and oxygen atoms in total. The molecule has 1 unspecified atom stereocenters. The molecule has 2 aromatic rings. The summed E-state index contributed by atoms with van der Waals surface area (Å²) < 4.78 is 43.1. The third kappa shape index (κ3) is 3.10. The van der Waals surface area contributed by atoms with Crippen LogP contribution in [0.3, 0.4) is 0 Å². The van der Waals surface area contributed by atoms with E-state index >= 15 is 0 Å². The molecule has 0 saturated heterocycles. The monoisotopic (exact) mass is 302 g/mol. The molecular weight excluding hydrogens is 289 g/mol. The Bertz CT molecular complexity index is 583. The lowest BCUT2D eigenvalue weighted by molar-refractivity contribution is -0.137. The van der Waals surface area contributed by atoms with Gasteiger partial charge < -0.3 is 10.5 Å². The molecule has 0 fully saturated rings. The minimum absolute atomic E-state index is 0.351. The first kappa shape index (κ1) is 14.8. The molecule has 20 heavy (non-hydrogen) atoms. The number of nitrogens with zero attached hydrogens (tertiary/aromatic N) is 1. The van der Waals surface area contributed by atoms with E-state index in [9.17, 15) is 13.2 Å². The van der Waals surface area contributed by atoms with Crippen LogP contribution >= 0.6 is 11.3 Å². The molecule has 0 saturated carbocycles. The third-order valence-corrected chi connectivity index (χ3v) is 3.75. The fourth-order valence-corrected chi connectivity index (χ4v) is 2.54. The summed E-state index contributed by atoms with van der Waals surface area (Å²) >= 11 is 0.553. The fraction of sp³-hybridized carbons (Fsp3) is 0.308. The van der Waals surface area contributed by atoms with Gasteiger partial charge in [0.25, 0.3) is 0 Å². The molecule has 0 spiro atoms. The predicted molar refractivity (Wildman–Crippen MR) is 70.8 cm³/mol. The Kier molecular flexibility index (Phi) is 4.29. The topological polar surface area (TPSA) is 48.1 Å². The van der Waals surface area contributed by atoms with Crippen molar-refractivity contribution in [3.05, 3.63) is 45.9 Å². The SMILES string of the molecule is CCOc1ccccc1C(N)c1cnc(C(F)(F)F)s1. The Morgan fingerprint density at radius 2 is 2.05 bits per heavy atom. The number of aromatic nitrogens is 1. The highest BCUT2D eigenvalue weighted by atomic mass is 32.1. The summed E-state index contributed by atoms with van der Waals surface area (Å²) in [5.74, 6) is 0.574. The minimum atomic E-state index is -4.44. The van der Waals surface area contributed by atoms with Crippen molar-refractivity contribution >= 4 is 11.3 Å². The van der Waals surface area contributed by atoms with E-state index in [0.29, 0.717) is 34.1 Å². The van der Waals surface area contributed by atoms with E-state index < -0.39 is 17.2 Å². The highest BCUT2D eigenvalue weighted by Crippen LogP contribution is 2.36. The van der Waals surface area contributed by atoms with Crippen LogP contribution in [0.5, 0.6) is 5.75 Å². The third-order valence-electron chi connectivity index (χ3n) is 2.63. The summed E-state index contributed by atoms with van der Waals surface area (Å²) in [5, 5.41) is -0.892. The maximum absolute atomic E-state index is 12.5. The minimum Gasteiger partial charge on any atom is -0.494 e. The summed E-state index contributed by atoms with van der Waals surface area (Å²) in [6, 6.07) is 6.34. The maximum Gasteiger partial charge on any atom is 0.443 e. The molecule has 2 N–H and O–H groups in total. The number of halogens is 3. The Hall–Kier alpha value is -1.60. The van der Waals surface area contributed by atoms with E-state index in [4.69, 9.17) is 10.5 Å². The zero-order valence-electron chi connectivity index (χ0n) is 10.6. The first-order valence-corrected chi connectivity index (χ1v) is 6.75. The molecular formula is C13H13F3N2OS. The van der Waals surface area contributed by atoms with Gasteiger partial charge in [-0.3, -0.25) is 0 Å². The smallest absolute Gasteiger partial charge is 0.443 e. The zero-order chi connectivity index (χ0) is 14.8. The van der Waals surface area contributed by atoms with Crippen molar-refractivity contribution in [3.8, 4) is 5.75 Å². The van der Waals surface area contributed by atoms with Crippen molar-refractivity contribution in [2.24, 2.45) is 5.73 Å². The van der Waals surface area contributed by atoms with Crippen molar-refractivity contribution in [1.29, 1.82) is 0 Å². The van der Waals surface area contributed by atoms with Gasteiger partial charge in [-0.25, -0.2) is 4.98 Å². The average Bonchev–Trinajstić information content (AvgIpc) is 2.88. The van der Waals surface area contributed by atoms with E-state index in [1.54, 1.807) is 24.3 Å². The van der Waals surface area contributed by atoms with Gasteiger partial charge in [0.15, 0.2) is 5.01 Å². The molecule has 0 aliphatic carbocycles. The number of para-hydroxylation sites is 1. The summed E-state index contributed by atoms with van der Waals surface area (Å²) in [6.07, 6.45) is -3.27. The normalized spacial score (nSPS) is 13.2. The van der Waals surface area contributed by atoms with E-state index in [1.165, 1.54) is 6.20 Å². The molecule has 1 aromatic carbocycles. The van der Waals surface area contributed by atoms with Crippen LogP contribution in [0.25, 0.3) is 0 Å². The number of hydrogen-bond donors (Lipinski definition) is 1. The van der Waals surface area contributed by atoms with Crippen molar-refractivity contribution in [2.75, 3.05) is 6.61 Å². The molecule has 0 aliphatic heterocycles. The van der Waals surface area contributed by atoms with Crippen LogP contribution in [-0.2, 0) is 6.18 Å². The number of rotatable bonds is 4. The summed E-state index contributed by atoms with van der Waals surface area (Å²) in [6.45, 7) is 2.29. The molecule has 0 amide bonds. The van der Waals surface area contributed by atoms with Crippen LogP contribution in [0.15, 0.2) is 30.5 Å². The summed E-state index contributed by atoms with van der Waals surface area (Å²) in [5.41, 5.74) is 6.67. The second kappa shape index (κ2) is 5.80. The quantitative estimate of drug-likeness (QED) is 0.938. The van der Waals surface area contributed by atoms with Gasteiger partial charge in [0.2, 0.25) is 0 Å². The molecule has 1 heterocycles. The Morgan fingerprint density at radius 3 is 2.65 bits per heavy atom. The summed E-state index contributed by atoms with van der Waals surface area (Å²) in [4.78, 5) is 3.73. The number of nitrogens with two attached hydrogens (primary N) is 1. The first-order chi connectivity index (χ1) is 9.43. The van der Waals surface area contributed by atoms with Crippen LogP contribution in [-0.4, -0.2) is 11.6 Å². The van der Waals surface area contributed by atoms with Crippen molar-refractivity contribution in [3.63, 3.8) is 0 Å². The molecule has 0 radical (unpaired) electrons. The van der Waals surface area contributed by atoms with Crippen molar-refractivity contribution < 1.29 is 17.9 Å². The Balaban J connectivity index is 2.32. The molecule has 1 atom stereocenters. The number of ether oxygens (including phenoxy) is 1. The molecule has 2 rings (SSSR count). The van der Waals surface area contributed by atoms with Crippen molar-refractivity contribution in [1.82, 2.24) is 4.98 Å². The molecule has 108 valence electrons. The second-order valence-corrected chi connectivity index (χ2v) is 5.08. The van der Waals surface area contributed by atoms with Gasteiger partial charge in [-0.2, -0.15) is 13.2 Å². The van der Waals surface area contributed by atoms with Crippen LogP contribution < -0.4 is 10.5 Å². The first-order valence-electron chi connectivity index (χ1n) is 5.93. The fourth-order valence-electron chi connectivity index (χ4n) is 1.74. The Morgan fingerprint density at radius 1 is 1.35 bits per heavy atom. The largest absolute Gasteiger partial charge is 0.494 e. The van der Waals surface area contributed by atoms with Gasteiger partial charge in [-0.15, -0.1) is 11.3 Å². The standard InChI is InChI=1S/C13H13F3N2OS/c1-2-19-9-6-4-3-5-8(9)11(17)10-7-18-12(20-10)13(14,15)16/h3-7,11H,2,17H2,1H3. The maximum atomic E-state index is 12.5. The van der Waals surface area contributed by atoms with Crippen LogP contribution in [0.4, 0.5) is 13.2 Å². The predicted octanol–water partition coefficient (Wildman–Crippen LogP) is 3.61. The van der Waals surface area contributed by atoms with Gasteiger partial charge in [0.1, 0.15) is 5.75 Å². The molecule has 0 bridgehead atoms. The number of thiazole rings is 1. The molecule has 0 aliphatic rings. The number of alkyl halides is 3.